The number of nitriles is 1. The van der Waals surface area contributed by atoms with E-state index >= 15 is 0 Å². The summed E-state index contributed by atoms with van der Waals surface area (Å²) in [5, 5.41) is 22.4. The second kappa shape index (κ2) is 7.60. The molecule has 0 saturated carbocycles. The standard InChI is InChI=1S/C18H24N6O/c1-3-13(4-2)24-11-9-15(22-24)17(25)14(12-19)18-21-20-16-8-6-5-7-10-23(16)18/h9,11,13-14H,3-8,10H2,1-2H3. The number of carbonyl (C=O) groups is 1. The average Bonchev–Trinajstić information content (AvgIpc) is 3.19. The Bertz CT molecular complexity index is 780. The van der Waals surface area contributed by atoms with Crippen molar-refractivity contribution in [3.05, 3.63) is 29.6 Å². The minimum absolute atomic E-state index is 0.270. The number of Topliss-reactive ketones (excluding diaryl/α,β-unsaturated/α-hetero) is 1. The van der Waals surface area contributed by atoms with Crippen molar-refractivity contribution in [2.75, 3.05) is 0 Å². The van der Waals surface area contributed by atoms with Gasteiger partial charge in [0.15, 0.2) is 11.7 Å². The zero-order valence-corrected chi connectivity index (χ0v) is 14.9. The number of aryl methyl sites for hydroxylation is 1. The molecule has 7 nitrogen and oxygen atoms in total. The number of carbonyl (C=O) groups excluding carboxylic acids is 1. The molecule has 0 amide bonds. The normalized spacial score (nSPS) is 15.4. The zero-order valence-electron chi connectivity index (χ0n) is 14.9. The van der Waals surface area contributed by atoms with Gasteiger partial charge >= 0.3 is 0 Å². The predicted octanol–water partition coefficient (Wildman–Crippen LogP) is 3.05. The fraction of sp³-hybridized carbons (Fsp3) is 0.611. The molecule has 0 N–H and O–H groups in total. The van der Waals surface area contributed by atoms with Gasteiger partial charge in [0.1, 0.15) is 11.5 Å². The van der Waals surface area contributed by atoms with Crippen LogP contribution >= 0.6 is 0 Å². The van der Waals surface area contributed by atoms with Crippen LogP contribution in [0.25, 0.3) is 0 Å². The third kappa shape index (κ3) is 3.34. The highest BCUT2D eigenvalue weighted by atomic mass is 16.1. The highest BCUT2D eigenvalue weighted by molar-refractivity contribution is 6.00. The Morgan fingerprint density at radius 1 is 1.28 bits per heavy atom. The number of aromatic nitrogens is 5. The summed E-state index contributed by atoms with van der Waals surface area (Å²) in [6, 6.07) is 4.09. The predicted molar refractivity (Wildman–Crippen MR) is 92.1 cm³/mol. The van der Waals surface area contributed by atoms with E-state index in [-0.39, 0.29) is 11.8 Å². The largest absolute Gasteiger partial charge is 0.313 e. The first kappa shape index (κ1) is 17.3. The third-order valence-corrected chi connectivity index (χ3v) is 4.97. The van der Waals surface area contributed by atoms with Gasteiger partial charge in [0, 0.05) is 19.2 Å². The third-order valence-electron chi connectivity index (χ3n) is 4.97. The van der Waals surface area contributed by atoms with Crippen LogP contribution < -0.4 is 0 Å². The first-order valence-corrected chi connectivity index (χ1v) is 9.10. The summed E-state index contributed by atoms with van der Waals surface area (Å²) < 4.78 is 3.78. The van der Waals surface area contributed by atoms with Crippen molar-refractivity contribution in [3.8, 4) is 6.07 Å². The summed E-state index contributed by atoms with van der Waals surface area (Å²) in [7, 11) is 0. The van der Waals surface area contributed by atoms with E-state index in [0.29, 0.717) is 11.5 Å². The molecule has 0 radical (unpaired) electrons. The van der Waals surface area contributed by atoms with Crippen molar-refractivity contribution >= 4 is 5.78 Å². The van der Waals surface area contributed by atoms with Crippen LogP contribution in [-0.4, -0.2) is 30.3 Å². The number of rotatable bonds is 6. The maximum Gasteiger partial charge on any atom is 0.207 e. The number of hydrogen-bond donors (Lipinski definition) is 0. The monoisotopic (exact) mass is 340 g/mol. The van der Waals surface area contributed by atoms with E-state index in [0.717, 1.165) is 50.9 Å². The zero-order chi connectivity index (χ0) is 17.8. The van der Waals surface area contributed by atoms with Crippen LogP contribution in [0.2, 0.25) is 0 Å². The van der Waals surface area contributed by atoms with Crippen molar-refractivity contribution in [1.82, 2.24) is 24.5 Å². The molecule has 3 heterocycles. The van der Waals surface area contributed by atoms with Gasteiger partial charge in [0.25, 0.3) is 0 Å². The molecule has 0 spiro atoms. The molecule has 1 unspecified atom stereocenters. The molecule has 1 aliphatic rings. The maximum absolute atomic E-state index is 12.9. The van der Waals surface area contributed by atoms with Crippen LogP contribution in [0.5, 0.6) is 0 Å². The van der Waals surface area contributed by atoms with Crippen LogP contribution in [0.3, 0.4) is 0 Å². The molecular formula is C18H24N6O. The quantitative estimate of drug-likeness (QED) is 0.754. The summed E-state index contributed by atoms with van der Waals surface area (Å²) in [6.07, 6.45) is 7.80. The van der Waals surface area contributed by atoms with Crippen molar-refractivity contribution < 1.29 is 4.79 Å². The number of nitrogens with zero attached hydrogens (tertiary/aromatic N) is 6. The molecule has 2 aromatic rings. The van der Waals surface area contributed by atoms with Gasteiger partial charge < -0.3 is 4.57 Å². The molecule has 25 heavy (non-hydrogen) atoms. The van der Waals surface area contributed by atoms with Gasteiger partial charge in [-0.15, -0.1) is 10.2 Å². The Morgan fingerprint density at radius 3 is 2.80 bits per heavy atom. The molecular weight excluding hydrogens is 316 g/mol. The maximum atomic E-state index is 12.9. The van der Waals surface area contributed by atoms with E-state index in [1.54, 1.807) is 6.07 Å². The van der Waals surface area contributed by atoms with E-state index < -0.39 is 5.92 Å². The van der Waals surface area contributed by atoms with Crippen LogP contribution in [0, 0.1) is 11.3 Å². The Balaban J connectivity index is 1.88. The molecule has 0 aliphatic carbocycles. The summed E-state index contributed by atoms with van der Waals surface area (Å²) in [4.78, 5) is 12.9. The van der Waals surface area contributed by atoms with Crippen LogP contribution in [0.15, 0.2) is 12.3 Å². The molecule has 0 saturated heterocycles. The highest BCUT2D eigenvalue weighted by Crippen LogP contribution is 2.23. The lowest BCUT2D eigenvalue weighted by atomic mass is 10.0. The van der Waals surface area contributed by atoms with Crippen LogP contribution in [0.4, 0.5) is 0 Å². The number of fused-ring (bicyclic) bond motifs is 1. The minimum atomic E-state index is -0.954. The van der Waals surface area contributed by atoms with Gasteiger partial charge in [-0.25, -0.2) is 0 Å². The van der Waals surface area contributed by atoms with Gasteiger partial charge in [0.05, 0.1) is 12.1 Å². The van der Waals surface area contributed by atoms with Crippen molar-refractivity contribution in [2.45, 2.75) is 70.9 Å². The fourth-order valence-electron chi connectivity index (χ4n) is 3.44. The van der Waals surface area contributed by atoms with E-state index in [2.05, 4.69) is 35.2 Å². The van der Waals surface area contributed by atoms with Crippen LogP contribution in [-0.2, 0) is 13.0 Å². The van der Waals surface area contributed by atoms with E-state index in [4.69, 9.17) is 0 Å². The molecule has 3 rings (SSSR count). The van der Waals surface area contributed by atoms with Crippen molar-refractivity contribution in [3.63, 3.8) is 0 Å². The summed E-state index contributed by atoms with van der Waals surface area (Å²) in [6.45, 7) is 4.97. The highest BCUT2D eigenvalue weighted by Gasteiger charge is 2.30. The fourth-order valence-corrected chi connectivity index (χ4v) is 3.44. The second-order valence-electron chi connectivity index (χ2n) is 6.51. The minimum Gasteiger partial charge on any atom is -0.313 e. The lowest BCUT2D eigenvalue weighted by molar-refractivity contribution is 0.0968. The molecule has 1 atom stereocenters. The smallest absolute Gasteiger partial charge is 0.207 e. The van der Waals surface area contributed by atoms with Crippen molar-refractivity contribution in [1.29, 1.82) is 5.26 Å². The van der Waals surface area contributed by atoms with Gasteiger partial charge in [-0.1, -0.05) is 20.3 Å². The van der Waals surface area contributed by atoms with Crippen molar-refractivity contribution in [2.24, 2.45) is 0 Å². The van der Waals surface area contributed by atoms with Gasteiger partial charge in [-0.05, 0) is 31.7 Å². The summed E-state index contributed by atoms with van der Waals surface area (Å²) in [5.74, 6) is 0.0839. The van der Waals surface area contributed by atoms with E-state index in [1.165, 1.54) is 0 Å². The number of hydrogen-bond acceptors (Lipinski definition) is 5. The van der Waals surface area contributed by atoms with Crippen LogP contribution in [0.1, 0.15) is 80.0 Å². The average molecular weight is 340 g/mol. The topological polar surface area (TPSA) is 89.4 Å². The van der Waals surface area contributed by atoms with E-state index in [1.807, 2.05) is 15.4 Å². The Morgan fingerprint density at radius 2 is 2.08 bits per heavy atom. The molecule has 7 heteroatoms. The molecule has 1 aliphatic heterocycles. The second-order valence-corrected chi connectivity index (χ2v) is 6.51. The first-order valence-electron chi connectivity index (χ1n) is 9.10. The van der Waals surface area contributed by atoms with Gasteiger partial charge in [0.2, 0.25) is 5.78 Å². The molecule has 0 fully saturated rings. The van der Waals surface area contributed by atoms with Gasteiger partial charge in [-0.2, -0.15) is 10.4 Å². The molecule has 2 aromatic heterocycles. The molecule has 132 valence electrons. The first-order chi connectivity index (χ1) is 12.2. The summed E-state index contributed by atoms with van der Waals surface area (Å²) >= 11 is 0. The lowest BCUT2D eigenvalue weighted by Crippen LogP contribution is -2.18. The van der Waals surface area contributed by atoms with E-state index in [9.17, 15) is 10.1 Å². The number of ketones is 1. The lowest BCUT2D eigenvalue weighted by Gasteiger charge is -2.12. The molecule has 0 bridgehead atoms. The Labute approximate surface area is 147 Å². The SMILES string of the molecule is CCC(CC)n1ccc(C(=O)C(C#N)c2nnc3n2CCCCC3)n1. The Hall–Kier alpha value is -2.49. The van der Waals surface area contributed by atoms with Gasteiger partial charge in [-0.3, -0.25) is 9.48 Å². The molecule has 0 aromatic carbocycles. The Kier molecular flexibility index (Phi) is 5.27. The summed E-state index contributed by atoms with van der Waals surface area (Å²) in [5.41, 5.74) is 0.324.